The average molecular weight is 256 g/mol. The van der Waals surface area contributed by atoms with Crippen molar-refractivity contribution in [2.24, 2.45) is 0 Å². The average Bonchev–Trinajstić information content (AvgIpc) is 2.48. The molecule has 1 saturated heterocycles. The number of hydrogen-bond donors (Lipinski definition) is 1. The lowest BCUT2D eigenvalue weighted by atomic mass is 10.1. The molecule has 0 aliphatic carbocycles. The van der Waals surface area contributed by atoms with Crippen molar-refractivity contribution in [1.29, 1.82) is 0 Å². The van der Waals surface area contributed by atoms with Crippen LogP contribution in [0.2, 0.25) is 0 Å². The zero-order valence-corrected chi connectivity index (χ0v) is 10.6. The molecule has 1 aliphatic heterocycles. The molecule has 2 aromatic rings. The van der Waals surface area contributed by atoms with E-state index in [9.17, 15) is 5.11 Å². The van der Waals surface area contributed by atoms with Crippen LogP contribution in [0, 0.1) is 0 Å². The van der Waals surface area contributed by atoms with Gasteiger partial charge in [-0.15, -0.1) is 10.2 Å². The molecule has 5 nitrogen and oxygen atoms in total. The summed E-state index contributed by atoms with van der Waals surface area (Å²) >= 11 is 0. The molecular weight excluding hydrogens is 240 g/mol. The molecule has 3 heterocycles. The maximum Gasteiger partial charge on any atom is 0.151 e. The third kappa shape index (κ3) is 2.71. The highest BCUT2D eigenvalue weighted by molar-refractivity contribution is 5.58. The third-order valence-electron chi connectivity index (χ3n) is 3.33. The van der Waals surface area contributed by atoms with Crippen LogP contribution in [-0.2, 0) is 0 Å². The van der Waals surface area contributed by atoms with Gasteiger partial charge in [0.2, 0.25) is 0 Å². The Hall–Kier alpha value is -2.01. The number of aromatic nitrogens is 3. The highest BCUT2D eigenvalue weighted by Crippen LogP contribution is 2.20. The molecule has 0 spiro atoms. The minimum absolute atomic E-state index is 0.256. The molecule has 0 aromatic carbocycles. The molecule has 1 unspecified atom stereocenters. The zero-order chi connectivity index (χ0) is 13.1. The molecule has 3 rings (SSSR count). The molecule has 1 fully saturated rings. The van der Waals surface area contributed by atoms with Crippen LogP contribution in [-0.4, -0.2) is 39.5 Å². The summed E-state index contributed by atoms with van der Waals surface area (Å²) in [6.45, 7) is 1.57. The van der Waals surface area contributed by atoms with Crippen LogP contribution >= 0.6 is 0 Å². The first kappa shape index (κ1) is 12.0. The van der Waals surface area contributed by atoms with E-state index in [2.05, 4.69) is 20.1 Å². The first-order valence-corrected chi connectivity index (χ1v) is 6.50. The van der Waals surface area contributed by atoms with Crippen molar-refractivity contribution in [3.63, 3.8) is 0 Å². The van der Waals surface area contributed by atoms with Crippen LogP contribution in [0.4, 0.5) is 5.82 Å². The van der Waals surface area contributed by atoms with Crippen molar-refractivity contribution in [2.45, 2.75) is 18.9 Å². The first-order valence-electron chi connectivity index (χ1n) is 6.50. The predicted octanol–water partition coefficient (Wildman–Crippen LogP) is 1.50. The van der Waals surface area contributed by atoms with E-state index in [1.54, 1.807) is 12.4 Å². The van der Waals surface area contributed by atoms with Gasteiger partial charge in [-0.1, -0.05) is 0 Å². The quantitative estimate of drug-likeness (QED) is 0.882. The Bertz CT molecular complexity index is 529. The van der Waals surface area contributed by atoms with Crippen LogP contribution in [0.15, 0.2) is 36.7 Å². The number of rotatable bonds is 2. The van der Waals surface area contributed by atoms with E-state index in [1.807, 2.05) is 24.3 Å². The van der Waals surface area contributed by atoms with Gasteiger partial charge in [0.15, 0.2) is 5.82 Å². The summed E-state index contributed by atoms with van der Waals surface area (Å²) in [7, 11) is 0. The molecule has 98 valence electrons. The summed E-state index contributed by atoms with van der Waals surface area (Å²) in [5.74, 6) is 0.825. The molecule has 0 amide bonds. The van der Waals surface area contributed by atoms with E-state index in [4.69, 9.17) is 0 Å². The second kappa shape index (κ2) is 5.32. The van der Waals surface area contributed by atoms with Crippen LogP contribution in [0.1, 0.15) is 12.8 Å². The molecule has 19 heavy (non-hydrogen) atoms. The van der Waals surface area contributed by atoms with Gasteiger partial charge in [0.25, 0.3) is 0 Å². The van der Waals surface area contributed by atoms with Gasteiger partial charge < -0.3 is 10.0 Å². The SMILES string of the molecule is OC1CCCN(c2ccc(-c3cccnc3)nn2)C1. The monoisotopic (exact) mass is 256 g/mol. The molecular formula is C14H16N4O. The minimum Gasteiger partial charge on any atom is -0.391 e. The van der Waals surface area contributed by atoms with E-state index >= 15 is 0 Å². The first-order chi connectivity index (χ1) is 9.33. The fourth-order valence-corrected chi connectivity index (χ4v) is 2.32. The fraction of sp³-hybridized carbons (Fsp3) is 0.357. The Morgan fingerprint density at radius 2 is 2.16 bits per heavy atom. The number of nitrogens with zero attached hydrogens (tertiary/aromatic N) is 4. The molecule has 2 aromatic heterocycles. The van der Waals surface area contributed by atoms with Crippen LogP contribution in [0.5, 0.6) is 0 Å². The van der Waals surface area contributed by atoms with E-state index in [-0.39, 0.29) is 6.10 Å². The van der Waals surface area contributed by atoms with Gasteiger partial charge in [0.05, 0.1) is 11.8 Å². The second-order valence-electron chi connectivity index (χ2n) is 4.76. The van der Waals surface area contributed by atoms with Crippen molar-refractivity contribution in [2.75, 3.05) is 18.0 Å². The Kier molecular flexibility index (Phi) is 3.37. The summed E-state index contributed by atoms with van der Waals surface area (Å²) in [5.41, 5.74) is 1.77. The van der Waals surface area contributed by atoms with Crippen molar-refractivity contribution >= 4 is 5.82 Å². The number of anilines is 1. The second-order valence-corrected chi connectivity index (χ2v) is 4.76. The van der Waals surface area contributed by atoms with E-state index in [0.29, 0.717) is 6.54 Å². The van der Waals surface area contributed by atoms with Gasteiger partial charge in [0.1, 0.15) is 0 Å². The van der Waals surface area contributed by atoms with Crippen molar-refractivity contribution in [3.8, 4) is 11.3 Å². The lowest BCUT2D eigenvalue weighted by Gasteiger charge is -2.30. The number of piperidine rings is 1. The topological polar surface area (TPSA) is 62.1 Å². The van der Waals surface area contributed by atoms with Gasteiger partial charge in [-0.2, -0.15) is 0 Å². The van der Waals surface area contributed by atoms with Crippen molar-refractivity contribution in [3.05, 3.63) is 36.7 Å². The lowest BCUT2D eigenvalue weighted by molar-refractivity contribution is 0.154. The molecule has 1 atom stereocenters. The summed E-state index contributed by atoms with van der Waals surface area (Å²) in [4.78, 5) is 6.15. The van der Waals surface area contributed by atoms with Crippen molar-refractivity contribution < 1.29 is 5.11 Å². The summed E-state index contributed by atoms with van der Waals surface area (Å²) in [6.07, 6.45) is 5.12. The van der Waals surface area contributed by atoms with Crippen molar-refractivity contribution in [1.82, 2.24) is 15.2 Å². The molecule has 0 saturated carbocycles. The number of hydrogen-bond acceptors (Lipinski definition) is 5. The minimum atomic E-state index is -0.256. The number of aliphatic hydroxyl groups excluding tert-OH is 1. The van der Waals surface area contributed by atoms with E-state index in [1.165, 1.54) is 0 Å². The smallest absolute Gasteiger partial charge is 0.151 e. The summed E-state index contributed by atoms with van der Waals surface area (Å²) < 4.78 is 0. The van der Waals surface area contributed by atoms with Crippen LogP contribution in [0.25, 0.3) is 11.3 Å². The maximum atomic E-state index is 9.68. The van der Waals surface area contributed by atoms with Gasteiger partial charge in [-0.3, -0.25) is 4.98 Å². The number of aliphatic hydroxyl groups is 1. The van der Waals surface area contributed by atoms with E-state index < -0.39 is 0 Å². The van der Waals surface area contributed by atoms with Gasteiger partial charge in [0, 0.05) is 31.0 Å². The molecule has 1 aliphatic rings. The predicted molar refractivity (Wildman–Crippen MR) is 72.7 cm³/mol. The molecule has 0 radical (unpaired) electrons. The number of β-amino-alcohol motifs (C(OH)–C–C–N with tert-alkyl or cyclic N) is 1. The van der Waals surface area contributed by atoms with Gasteiger partial charge in [-0.25, -0.2) is 0 Å². The molecule has 0 bridgehead atoms. The Morgan fingerprint density at radius 3 is 2.84 bits per heavy atom. The zero-order valence-electron chi connectivity index (χ0n) is 10.6. The van der Waals surface area contributed by atoms with Gasteiger partial charge >= 0.3 is 0 Å². The standard InChI is InChI=1S/C14H16N4O/c19-12-4-2-8-18(10-12)14-6-5-13(16-17-14)11-3-1-7-15-9-11/h1,3,5-7,9,12,19H,2,4,8,10H2. The highest BCUT2D eigenvalue weighted by atomic mass is 16.3. The molecule has 1 N–H and O–H groups in total. The van der Waals surface area contributed by atoms with Crippen LogP contribution < -0.4 is 4.90 Å². The molecule has 5 heteroatoms. The summed E-state index contributed by atoms with van der Waals surface area (Å²) in [5, 5.41) is 18.2. The Morgan fingerprint density at radius 1 is 1.21 bits per heavy atom. The highest BCUT2D eigenvalue weighted by Gasteiger charge is 2.19. The number of pyridine rings is 1. The normalized spacial score (nSPS) is 19.4. The Balaban J connectivity index is 1.79. The maximum absolute atomic E-state index is 9.68. The largest absolute Gasteiger partial charge is 0.391 e. The van der Waals surface area contributed by atoms with Crippen LogP contribution in [0.3, 0.4) is 0 Å². The van der Waals surface area contributed by atoms with Gasteiger partial charge in [-0.05, 0) is 37.1 Å². The Labute approximate surface area is 111 Å². The lowest BCUT2D eigenvalue weighted by Crippen LogP contribution is -2.38. The van der Waals surface area contributed by atoms with E-state index in [0.717, 1.165) is 36.5 Å². The third-order valence-corrected chi connectivity index (χ3v) is 3.33. The fourth-order valence-electron chi connectivity index (χ4n) is 2.32. The summed E-state index contributed by atoms with van der Waals surface area (Å²) in [6, 6.07) is 7.74.